The van der Waals surface area contributed by atoms with E-state index in [1.165, 1.54) is 64.2 Å². The van der Waals surface area contributed by atoms with Gasteiger partial charge in [0.05, 0.1) is 12.7 Å². The molecule has 0 aromatic rings. The van der Waals surface area contributed by atoms with Gasteiger partial charge in [-0.3, -0.25) is 0 Å². The van der Waals surface area contributed by atoms with E-state index in [2.05, 4.69) is 20.8 Å². The first-order valence-corrected chi connectivity index (χ1v) is 9.80. The molecule has 0 amide bonds. The second-order valence-corrected chi connectivity index (χ2v) is 6.37. The summed E-state index contributed by atoms with van der Waals surface area (Å²) in [4.78, 5) is 10.3. The Bertz CT molecular complexity index is 197. The predicted molar refractivity (Wildman–Crippen MR) is 93.6 cm³/mol. The molecule has 0 radical (unpaired) electrons. The molecule has 0 fully saturated rings. The van der Waals surface area contributed by atoms with Gasteiger partial charge in [-0.15, -0.1) is 0 Å². The zero-order chi connectivity index (χ0) is 16.3. The van der Waals surface area contributed by atoms with Crippen LogP contribution < -0.4 is 0 Å². The first kappa shape index (κ1) is 21.9. The third-order valence-corrected chi connectivity index (χ3v) is 4.00. The highest BCUT2D eigenvalue weighted by atomic mass is 17.5. The van der Waals surface area contributed by atoms with Crippen molar-refractivity contribution in [2.45, 2.75) is 117 Å². The van der Waals surface area contributed by atoms with Crippen LogP contribution in [0.15, 0.2) is 0 Å². The zero-order valence-corrected chi connectivity index (χ0v) is 15.4. The Kier molecular flexibility index (Phi) is 18.8. The summed E-state index contributed by atoms with van der Waals surface area (Å²) in [6.07, 6.45) is 18.1. The van der Waals surface area contributed by atoms with Crippen molar-refractivity contribution in [3.05, 3.63) is 0 Å². The topological polar surface area (TPSA) is 27.7 Å². The van der Waals surface area contributed by atoms with Crippen LogP contribution in [0.3, 0.4) is 0 Å². The van der Waals surface area contributed by atoms with Crippen molar-refractivity contribution in [2.24, 2.45) is 0 Å². The first-order valence-electron chi connectivity index (χ1n) is 9.80. The summed E-state index contributed by atoms with van der Waals surface area (Å²) in [7, 11) is 0. The number of hydrogen-bond donors (Lipinski definition) is 0. The van der Waals surface area contributed by atoms with Crippen LogP contribution in [-0.2, 0) is 14.8 Å². The zero-order valence-electron chi connectivity index (χ0n) is 15.4. The Morgan fingerprint density at radius 3 is 1.73 bits per heavy atom. The minimum Gasteiger partial charge on any atom is -0.206 e. The predicted octanol–water partition coefficient (Wildman–Crippen LogP) is 6.76. The summed E-state index contributed by atoms with van der Waals surface area (Å²) >= 11 is 0. The van der Waals surface area contributed by atoms with Gasteiger partial charge < -0.3 is 0 Å². The van der Waals surface area contributed by atoms with Crippen molar-refractivity contribution in [1.29, 1.82) is 0 Å². The lowest BCUT2D eigenvalue weighted by Gasteiger charge is -2.14. The Labute approximate surface area is 139 Å². The number of rotatable bonds is 18. The van der Waals surface area contributed by atoms with Crippen molar-refractivity contribution in [1.82, 2.24) is 0 Å². The van der Waals surface area contributed by atoms with Crippen LogP contribution in [0.5, 0.6) is 0 Å². The number of unbranched alkanes of at least 4 members (excludes halogenated alkanes) is 9. The van der Waals surface area contributed by atoms with Crippen LogP contribution in [0.2, 0.25) is 0 Å². The smallest absolute Gasteiger partial charge is 0.0961 e. The molecule has 0 rings (SSSR count). The molecule has 3 heteroatoms. The Morgan fingerprint density at radius 2 is 1.18 bits per heavy atom. The van der Waals surface area contributed by atoms with Gasteiger partial charge in [-0.1, -0.05) is 96.4 Å². The highest BCUT2D eigenvalue weighted by Gasteiger charge is 2.09. The van der Waals surface area contributed by atoms with Gasteiger partial charge in [-0.25, -0.2) is 9.78 Å². The third-order valence-electron chi connectivity index (χ3n) is 4.00. The van der Waals surface area contributed by atoms with Crippen LogP contribution >= 0.6 is 0 Å². The molecule has 0 aliphatic heterocycles. The maximum Gasteiger partial charge on any atom is 0.0961 e. The molecule has 0 aliphatic rings. The van der Waals surface area contributed by atoms with Crippen LogP contribution in [0, 0.1) is 0 Å². The molecular weight excluding hydrogens is 276 g/mol. The van der Waals surface area contributed by atoms with E-state index >= 15 is 0 Å². The largest absolute Gasteiger partial charge is 0.206 e. The van der Waals surface area contributed by atoms with Crippen molar-refractivity contribution in [2.75, 3.05) is 6.61 Å². The fourth-order valence-electron chi connectivity index (χ4n) is 2.62. The van der Waals surface area contributed by atoms with Crippen LogP contribution in [0.4, 0.5) is 0 Å². The van der Waals surface area contributed by atoms with Crippen LogP contribution in [0.25, 0.3) is 0 Å². The Hall–Kier alpha value is -0.120. The van der Waals surface area contributed by atoms with E-state index in [4.69, 9.17) is 14.8 Å². The molecule has 0 aromatic heterocycles. The standard InChI is InChI=1S/C19H40O3/c1-4-7-8-9-10-11-12-13-14-15-17-19(16-5-2)21-22-20-18-6-3/h19H,4-18H2,1-3H3. The Morgan fingerprint density at radius 1 is 0.591 bits per heavy atom. The molecule has 0 N–H and O–H groups in total. The van der Waals surface area contributed by atoms with Gasteiger partial charge in [0.2, 0.25) is 0 Å². The molecular formula is C19H40O3. The molecule has 1 atom stereocenters. The molecule has 0 saturated carbocycles. The van der Waals surface area contributed by atoms with Crippen LogP contribution in [-0.4, -0.2) is 12.7 Å². The molecule has 0 heterocycles. The second-order valence-electron chi connectivity index (χ2n) is 6.37. The fourth-order valence-corrected chi connectivity index (χ4v) is 2.62. The van der Waals surface area contributed by atoms with E-state index in [9.17, 15) is 0 Å². The minimum absolute atomic E-state index is 0.191. The van der Waals surface area contributed by atoms with Gasteiger partial charge in [-0.05, 0) is 19.3 Å². The first-order chi connectivity index (χ1) is 10.8. The highest BCUT2D eigenvalue weighted by Crippen LogP contribution is 2.15. The van der Waals surface area contributed by atoms with E-state index in [-0.39, 0.29) is 6.10 Å². The average Bonchev–Trinajstić information content (AvgIpc) is 2.53. The van der Waals surface area contributed by atoms with Gasteiger partial charge in [-0.2, -0.15) is 0 Å². The molecule has 3 nitrogen and oxygen atoms in total. The quantitative estimate of drug-likeness (QED) is 0.159. The summed E-state index contributed by atoms with van der Waals surface area (Å²) in [5.41, 5.74) is 0. The van der Waals surface area contributed by atoms with Crippen molar-refractivity contribution in [3.8, 4) is 0 Å². The SMILES string of the molecule is CCCCCCCCCCCCC(CCC)OOOCCC. The van der Waals surface area contributed by atoms with E-state index in [0.29, 0.717) is 6.61 Å². The lowest BCUT2D eigenvalue weighted by atomic mass is 10.0. The van der Waals surface area contributed by atoms with Crippen molar-refractivity contribution >= 4 is 0 Å². The second kappa shape index (κ2) is 18.9. The van der Waals surface area contributed by atoms with Gasteiger partial charge in [0, 0.05) is 0 Å². The molecule has 134 valence electrons. The molecule has 1 unspecified atom stereocenters. The van der Waals surface area contributed by atoms with Gasteiger partial charge in [0.25, 0.3) is 0 Å². The van der Waals surface area contributed by atoms with Crippen molar-refractivity contribution in [3.63, 3.8) is 0 Å². The van der Waals surface area contributed by atoms with E-state index in [1.807, 2.05) is 0 Å². The molecule has 0 bridgehead atoms. The normalized spacial score (nSPS) is 12.7. The van der Waals surface area contributed by atoms with Gasteiger partial charge in [0.1, 0.15) is 0 Å². The lowest BCUT2D eigenvalue weighted by Crippen LogP contribution is -2.13. The summed E-state index contributed by atoms with van der Waals surface area (Å²) in [5.74, 6) is 0. The maximum atomic E-state index is 5.34. The highest BCUT2D eigenvalue weighted by molar-refractivity contribution is 4.56. The molecule has 22 heavy (non-hydrogen) atoms. The Balaban J connectivity index is 3.36. The maximum absolute atomic E-state index is 5.34. The molecule has 0 spiro atoms. The van der Waals surface area contributed by atoms with E-state index < -0.39 is 0 Å². The summed E-state index contributed by atoms with van der Waals surface area (Å²) < 4.78 is 0. The van der Waals surface area contributed by atoms with E-state index in [0.717, 1.165) is 25.7 Å². The summed E-state index contributed by atoms with van der Waals surface area (Å²) in [5, 5.41) is 4.83. The van der Waals surface area contributed by atoms with Gasteiger partial charge >= 0.3 is 0 Å². The average molecular weight is 317 g/mol. The van der Waals surface area contributed by atoms with Crippen molar-refractivity contribution < 1.29 is 14.8 Å². The molecule has 0 aromatic carbocycles. The molecule has 0 aliphatic carbocycles. The third kappa shape index (κ3) is 16.3. The van der Waals surface area contributed by atoms with E-state index in [1.54, 1.807) is 0 Å². The monoisotopic (exact) mass is 316 g/mol. The van der Waals surface area contributed by atoms with Crippen LogP contribution in [0.1, 0.15) is 111 Å². The summed E-state index contributed by atoms with van der Waals surface area (Å²) in [6.45, 7) is 7.10. The minimum atomic E-state index is 0.191. The fraction of sp³-hybridized carbons (Fsp3) is 1.00. The lowest BCUT2D eigenvalue weighted by molar-refractivity contribution is -0.527. The number of hydrogen-bond acceptors (Lipinski definition) is 3. The van der Waals surface area contributed by atoms with Gasteiger partial charge in [0.15, 0.2) is 0 Å². The summed E-state index contributed by atoms with van der Waals surface area (Å²) in [6, 6.07) is 0. The molecule has 0 saturated heterocycles.